The third-order valence-electron chi connectivity index (χ3n) is 3.71. The molecule has 1 fully saturated rings. The Kier molecular flexibility index (Phi) is 4.51. The average molecular weight is 233 g/mol. The minimum Gasteiger partial charge on any atom is -0.307 e. The number of likely N-dealkylation sites (N-methyl/N-ethyl adjacent to an activating group) is 1. The molecule has 3 nitrogen and oxygen atoms in total. The highest BCUT2D eigenvalue weighted by Crippen LogP contribution is 2.15. The van der Waals surface area contributed by atoms with Gasteiger partial charge >= 0.3 is 0 Å². The summed E-state index contributed by atoms with van der Waals surface area (Å²) in [5, 5.41) is 3.59. The van der Waals surface area contributed by atoms with Crippen molar-refractivity contribution in [3.05, 3.63) is 30.1 Å². The van der Waals surface area contributed by atoms with Gasteiger partial charge in [-0.05, 0) is 45.5 Å². The van der Waals surface area contributed by atoms with E-state index in [1.165, 1.54) is 25.8 Å². The zero-order valence-corrected chi connectivity index (χ0v) is 10.9. The number of piperidine rings is 1. The van der Waals surface area contributed by atoms with E-state index in [4.69, 9.17) is 0 Å². The SMILES string of the molecule is C[C@H](NCC1CCCCN1C)c1ccccn1. The molecule has 0 aliphatic carbocycles. The first-order valence-corrected chi connectivity index (χ1v) is 6.62. The molecule has 17 heavy (non-hydrogen) atoms. The lowest BCUT2D eigenvalue weighted by Gasteiger charge is -2.33. The molecule has 1 aliphatic heterocycles. The number of nitrogens with zero attached hydrogens (tertiary/aromatic N) is 2. The third kappa shape index (κ3) is 3.51. The van der Waals surface area contributed by atoms with Crippen LogP contribution in [0.25, 0.3) is 0 Å². The van der Waals surface area contributed by atoms with Crippen LogP contribution in [0, 0.1) is 0 Å². The molecular formula is C14H23N3. The number of nitrogens with one attached hydrogen (secondary N) is 1. The summed E-state index contributed by atoms with van der Waals surface area (Å²) in [6.45, 7) is 4.49. The Morgan fingerprint density at radius 2 is 2.35 bits per heavy atom. The van der Waals surface area contributed by atoms with E-state index in [2.05, 4.69) is 35.2 Å². The van der Waals surface area contributed by atoms with E-state index in [1.807, 2.05) is 18.3 Å². The first kappa shape index (κ1) is 12.5. The van der Waals surface area contributed by atoms with E-state index in [0.29, 0.717) is 12.1 Å². The molecule has 1 aromatic rings. The van der Waals surface area contributed by atoms with Crippen molar-refractivity contribution in [2.75, 3.05) is 20.1 Å². The summed E-state index contributed by atoms with van der Waals surface area (Å²) in [5.41, 5.74) is 1.13. The fraction of sp³-hybridized carbons (Fsp3) is 0.643. The van der Waals surface area contributed by atoms with Crippen LogP contribution in [-0.2, 0) is 0 Å². The second-order valence-corrected chi connectivity index (χ2v) is 5.01. The summed E-state index contributed by atoms with van der Waals surface area (Å²) in [6, 6.07) is 7.13. The third-order valence-corrected chi connectivity index (χ3v) is 3.71. The van der Waals surface area contributed by atoms with Gasteiger partial charge < -0.3 is 10.2 Å². The first-order chi connectivity index (χ1) is 8.27. The predicted octanol–water partition coefficient (Wildman–Crippen LogP) is 2.22. The van der Waals surface area contributed by atoms with Gasteiger partial charge in [0.15, 0.2) is 0 Å². The van der Waals surface area contributed by atoms with Crippen LogP contribution >= 0.6 is 0 Å². The van der Waals surface area contributed by atoms with Crippen molar-refractivity contribution in [2.45, 2.75) is 38.3 Å². The summed E-state index contributed by atoms with van der Waals surface area (Å²) in [5.74, 6) is 0. The van der Waals surface area contributed by atoms with Gasteiger partial charge in [-0.15, -0.1) is 0 Å². The molecule has 2 atom stereocenters. The van der Waals surface area contributed by atoms with E-state index in [1.54, 1.807) is 0 Å². The minimum absolute atomic E-state index is 0.339. The molecule has 0 saturated carbocycles. The lowest BCUT2D eigenvalue weighted by molar-refractivity contribution is 0.178. The number of rotatable bonds is 4. The Balaban J connectivity index is 1.81. The zero-order chi connectivity index (χ0) is 12.1. The summed E-state index contributed by atoms with van der Waals surface area (Å²) >= 11 is 0. The largest absolute Gasteiger partial charge is 0.307 e. The summed E-state index contributed by atoms with van der Waals surface area (Å²) in [4.78, 5) is 6.86. The molecule has 2 heterocycles. The van der Waals surface area contributed by atoms with Crippen LogP contribution < -0.4 is 5.32 Å². The quantitative estimate of drug-likeness (QED) is 0.864. The Bertz CT molecular complexity index is 325. The molecule has 1 unspecified atom stereocenters. The Morgan fingerprint density at radius 3 is 3.06 bits per heavy atom. The van der Waals surface area contributed by atoms with Crippen LogP contribution in [0.1, 0.15) is 37.9 Å². The van der Waals surface area contributed by atoms with E-state index in [9.17, 15) is 0 Å². The summed E-state index contributed by atoms with van der Waals surface area (Å²) in [7, 11) is 2.23. The molecule has 1 aromatic heterocycles. The van der Waals surface area contributed by atoms with Crippen molar-refractivity contribution in [1.82, 2.24) is 15.2 Å². The maximum Gasteiger partial charge on any atom is 0.0570 e. The fourth-order valence-corrected chi connectivity index (χ4v) is 2.45. The standard InChI is InChI=1S/C14H23N3/c1-12(14-8-3-5-9-15-14)16-11-13-7-4-6-10-17(13)2/h3,5,8-9,12-13,16H,4,6-7,10-11H2,1-2H3/t12-,13?/m0/s1. The molecule has 94 valence electrons. The maximum atomic E-state index is 4.39. The molecule has 0 radical (unpaired) electrons. The maximum absolute atomic E-state index is 4.39. The number of likely N-dealkylation sites (tertiary alicyclic amines) is 1. The van der Waals surface area contributed by atoms with Gasteiger partial charge in [0.25, 0.3) is 0 Å². The van der Waals surface area contributed by atoms with Crippen molar-refractivity contribution >= 4 is 0 Å². The molecule has 2 rings (SSSR count). The second-order valence-electron chi connectivity index (χ2n) is 5.01. The molecule has 1 aliphatic rings. The van der Waals surface area contributed by atoms with E-state index < -0.39 is 0 Å². The molecule has 0 aromatic carbocycles. The van der Waals surface area contributed by atoms with Gasteiger partial charge in [-0.25, -0.2) is 0 Å². The molecule has 3 heteroatoms. The van der Waals surface area contributed by atoms with Gasteiger partial charge in [0.05, 0.1) is 5.69 Å². The van der Waals surface area contributed by atoms with Crippen molar-refractivity contribution in [3.63, 3.8) is 0 Å². The van der Waals surface area contributed by atoms with Crippen LogP contribution in [0.4, 0.5) is 0 Å². The topological polar surface area (TPSA) is 28.2 Å². The highest BCUT2D eigenvalue weighted by atomic mass is 15.2. The summed E-state index contributed by atoms with van der Waals surface area (Å²) < 4.78 is 0. The van der Waals surface area contributed by atoms with Gasteiger partial charge in [0.2, 0.25) is 0 Å². The molecule has 1 N–H and O–H groups in total. The number of aromatic nitrogens is 1. The van der Waals surface area contributed by atoms with E-state index >= 15 is 0 Å². The molecule has 0 spiro atoms. The Hall–Kier alpha value is -0.930. The fourth-order valence-electron chi connectivity index (χ4n) is 2.45. The zero-order valence-electron chi connectivity index (χ0n) is 10.9. The number of pyridine rings is 1. The highest BCUT2D eigenvalue weighted by molar-refractivity contribution is 5.07. The Labute approximate surface area is 104 Å². The number of hydrogen-bond acceptors (Lipinski definition) is 3. The molecular weight excluding hydrogens is 210 g/mol. The van der Waals surface area contributed by atoms with Crippen LogP contribution in [0.15, 0.2) is 24.4 Å². The van der Waals surface area contributed by atoms with Crippen molar-refractivity contribution < 1.29 is 0 Å². The normalized spacial score (nSPS) is 23.5. The first-order valence-electron chi connectivity index (χ1n) is 6.62. The molecule has 0 amide bonds. The average Bonchev–Trinajstić information content (AvgIpc) is 2.38. The predicted molar refractivity (Wildman–Crippen MR) is 70.9 cm³/mol. The number of hydrogen-bond donors (Lipinski definition) is 1. The van der Waals surface area contributed by atoms with Gasteiger partial charge in [0.1, 0.15) is 0 Å². The lowest BCUT2D eigenvalue weighted by atomic mass is 10.0. The van der Waals surface area contributed by atoms with Crippen LogP contribution in [0.3, 0.4) is 0 Å². The van der Waals surface area contributed by atoms with Crippen molar-refractivity contribution in [1.29, 1.82) is 0 Å². The minimum atomic E-state index is 0.339. The smallest absolute Gasteiger partial charge is 0.0570 e. The highest BCUT2D eigenvalue weighted by Gasteiger charge is 2.19. The molecule has 1 saturated heterocycles. The monoisotopic (exact) mass is 233 g/mol. The van der Waals surface area contributed by atoms with Crippen LogP contribution in [0.5, 0.6) is 0 Å². The van der Waals surface area contributed by atoms with E-state index in [-0.39, 0.29) is 0 Å². The second kappa shape index (κ2) is 6.12. The van der Waals surface area contributed by atoms with Gasteiger partial charge in [-0.1, -0.05) is 12.5 Å². The lowest BCUT2D eigenvalue weighted by Crippen LogP contribution is -2.43. The van der Waals surface area contributed by atoms with Gasteiger partial charge in [-0.2, -0.15) is 0 Å². The van der Waals surface area contributed by atoms with Crippen molar-refractivity contribution in [2.24, 2.45) is 0 Å². The van der Waals surface area contributed by atoms with Crippen LogP contribution in [0.2, 0.25) is 0 Å². The van der Waals surface area contributed by atoms with Gasteiger partial charge in [-0.3, -0.25) is 4.98 Å². The van der Waals surface area contributed by atoms with E-state index in [0.717, 1.165) is 12.2 Å². The van der Waals surface area contributed by atoms with Crippen molar-refractivity contribution in [3.8, 4) is 0 Å². The Morgan fingerprint density at radius 1 is 1.47 bits per heavy atom. The van der Waals surface area contributed by atoms with Gasteiger partial charge in [0, 0.05) is 24.8 Å². The summed E-state index contributed by atoms with van der Waals surface area (Å²) in [6.07, 6.45) is 5.90. The molecule has 0 bridgehead atoms. The van der Waals surface area contributed by atoms with Crippen LogP contribution in [-0.4, -0.2) is 36.1 Å².